The average Bonchev–Trinajstić information content (AvgIpc) is 2.19. The number of sulfone groups is 1. The zero-order chi connectivity index (χ0) is 14.2. The Morgan fingerprint density at radius 3 is 2.50 bits per heavy atom. The van der Waals surface area contributed by atoms with E-state index in [2.05, 4.69) is 4.74 Å². The van der Waals surface area contributed by atoms with E-state index in [9.17, 15) is 26.4 Å². The third-order valence-corrected chi connectivity index (χ3v) is 4.85. The highest BCUT2D eigenvalue weighted by Crippen LogP contribution is 2.41. The number of carbonyl (C=O) groups excluding carboxylic acids is 1. The van der Waals surface area contributed by atoms with Crippen LogP contribution in [0.3, 0.4) is 0 Å². The number of methoxy groups -OCH3 is 1. The zero-order valence-electron chi connectivity index (χ0n) is 9.66. The third kappa shape index (κ3) is 3.14. The Balaban J connectivity index is 3.21. The van der Waals surface area contributed by atoms with Gasteiger partial charge in [-0.25, -0.2) is 8.42 Å². The lowest BCUT2D eigenvalue weighted by atomic mass is 9.77. The van der Waals surface area contributed by atoms with Crippen molar-refractivity contribution in [3.63, 3.8) is 0 Å². The molecule has 0 amide bonds. The quantitative estimate of drug-likeness (QED) is 0.736. The molecule has 18 heavy (non-hydrogen) atoms. The highest BCUT2D eigenvalue weighted by atomic mass is 32.2. The number of rotatable bonds is 2. The Kier molecular flexibility index (Phi) is 3.97. The van der Waals surface area contributed by atoms with Crippen LogP contribution >= 0.6 is 0 Å². The number of alkyl halides is 3. The van der Waals surface area contributed by atoms with E-state index in [1.165, 1.54) is 0 Å². The van der Waals surface area contributed by atoms with Crippen molar-refractivity contribution in [1.29, 1.82) is 0 Å². The molecule has 0 radical (unpaired) electrons. The van der Waals surface area contributed by atoms with Gasteiger partial charge in [0.25, 0.3) is 0 Å². The summed E-state index contributed by atoms with van der Waals surface area (Å²) in [6.45, 7) is 0. The highest BCUT2D eigenvalue weighted by molar-refractivity contribution is 7.91. The fourth-order valence-corrected chi connectivity index (χ4v) is 4.16. The molecule has 9 heteroatoms. The summed E-state index contributed by atoms with van der Waals surface area (Å²) in [5.74, 6) is -2.46. The summed E-state index contributed by atoms with van der Waals surface area (Å²) in [5.41, 5.74) is 3.32. The van der Waals surface area contributed by atoms with Gasteiger partial charge in [0.15, 0.2) is 9.84 Å². The molecule has 1 rings (SSSR count). The van der Waals surface area contributed by atoms with Crippen molar-refractivity contribution in [3.05, 3.63) is 0 Å². The molecule has 0 saturated carbocycles. The zero-order valence-corrected chi connectivity index (χ0v) is 10.5. The molecule has 2 N–H and O–H groups in total. The van der Waals surface area contributed by atoms with Crippen molar-refractivity contribution in [2.75, 3.05) is 18.6 Å². The van der Waals surface area contributed by atoms with Crippen LogP contribution in [-0.2, 0) is 19.4 Å². The number of esters is 1. The first-order valence-electron chi connectivity index (χ1n) is 5.14. The summed E-state index contributed by atoms with van der Waals surface area (Å²) < 4.78 is 64.9. The molecule has 2 atom stereocenters. The third-order valence-electron chi connectivity index (χ3n) is 3.03. The molecular weight excluding hydrogens is 275 g/mol. The predicted octanol–water partition coefficient (Wildman–Crippen LogP) is 0.244. The molecule has 0 aromatic carbocycles. The number of carbonyl (C=O) groups is 1. The van der Waals surface area contributed by atoms with Gasteiger partial charge in [0.05, 0.1) is 25.0 Å². The van der Waals surface area contributed by atoms with Crippen LogP contribution in [-0.4, -0.2) is 45.2 Å². The van der Waals surface area contributed by atoms with E-state index in [-0.39, 0.29) is 12.2 Å². The summed E-state index contributed by atoms with van der Waals surface area (Å²) in [7, 11) is -2.82. The largest absolute Gasteiger partial charge is 0.469 e. The van der Waals surface area contributed by atoms with Crippen molar-refractivity contribution in [2.45, 2.75) is 25.1 Å². The molecule has 1 aliphatic rings. The molecule has 0 aliphatic carbocycles. The van der Waals surface area contributed by atoms with E-state index in [0.29, 0.717) is 0 Å². The number of halogens is 3. The summed E-state index contributed by atoms with van der Waals surface area (Å²) >= 11 is 0. The van der Waals surface area contributed by atoms with Crippen molar-refractivity contribution >= 4 is 15.8 Å². The maximum atomic E-state index is 12.5. The van der Waals surface area contributed by atoms with Crippen LogP contribution in [0, 0.1) is 5.41 Å². The van der Waals surface area contributed by atoms with Gasteiger partial charge >= 0.3 is 12.1 Å². The standard InChI is InChI=1S/C9H14F3NO4S/c1-17-7(14)8(4-9(10,11)12)5-18(15,16)3-2-6(8)13/h6H,2-5,13H2,1H3. The lowest BCUT2D eigenvalue weighted by Gasteiger charge is -2.39. The van der Waals surface area contributed by atoms with Crippen molar-refractivity contribution in [2.24, 2.45) is 11.1 Å². The molecule has 1 heterocycles. The first-order valence-corrected chi connectivity index (χ1v) is 6.96. The van der Waals surface area contributed by atoms with Gasteiger partial charge in [-0.1, -0.05) is 0 Å². The van der Waals surface area contributed by atoms with Crippen LogP contribution in [0.25, 0.3) is 0 Å². The Labute approximate surface area is 102 Å². The van der Waals surface area contributed by atoms with Gasteiger partial charge < -0.3 is 10.5 Å². The predicted molar refractivity (Wildman–Crippen MR) is 56.4 cm³/mol. The Bertz CT molecular complexity index is 434. The molecule has 0 aromatic heterocycles. The van der Waals surface area contributed by atoms with Crippen LogP contribution in [0.5, 0.6) is 0 Å². The van der Waals surface area contributed by atoms with E-state index in [4.69, 9.17) is 5.73 Å². The molecule has 5 nitrogen and oxygen atoms in total. The van der Waals surface area contributed by atoms with Gasteiger partial charge in [-0.2, -0.15) is 13.2 Å². The van der Waals surface area contributed by atoms with E-state index in [0.717, 1.165) is 7.11 Å². The molecule has 1 fully saturated rings. The molecule has 0 bridgehead atoms. The normalized spacial score (nSPS) is 31.9. The summed E-state index contributed by atoms with van der Waals surface area (Å²) in [4.78, 5) is 11.6. The lowest BCUT2D eigenvalue weighted by molar-refractivity contribution is -0.181. The number of hydrogen-bond acceptors (Lipinski definition) is 5. The average molecular weight is 289 g/mol. The topological polar surface area (TPSA) is 86.5 Å². The van der Waals surface area contributed by atoms with E-state index in [1.807, 2.05) is 0 Å². The monoisotopic (exact) mass is 289 g/mol. The van der Waals surface area contributed by atoms with Crippen LogP contribution in [0.1, 0.15) is 12.8 Å². The molecule has 106 valence electrons. The SMILES string of the molecule is COC(=O)C1(CC(F)(F)F)CS(=O)(=O)CCC1N. The summed E-state index contributed by atoms with van der Waals surface area (Å²) in [5, 5.41) is 0. The number of ether oxygens (including phenoxy) is 1. The Hall–Kier alpha value is -0.830. The van der Waals surface area contributed by atoms with Crippen LogP contribution in [0.2, 0.25) is 0 Å². The van der Waals surface area contributed by atoms with Gasteiger partial charge in [-0.05, 0) is 6.42 Å². The smallest absolute Gasteiger partial charge is 0.390 e. The minimum absolute atomic E-state index is 0.187. The van der Waals surface area contributed by atoms with Crippen molar-refractivity contribution in [1.82, 2.24) is 0 Å². The number of nitrogens with two attached hydrogens (primary N) is 1. The summed E-state index contributed by atoms with van der Waals surface area (Å²) in [6.07, 6.45) is -6.47. The van der Waals surface area contributed by atoms with Gasteiger partial charge in [0.1, 0.15) is 5.41 Å². The second-order valence-corrected chi connectivity index (χ2v) is 6.61. The van der Waals surface area contributed by atoms with Crippen LogP contribution < -0.4 is 5.73 Å². The Morgan fingerprint density at radius 1 is 1.50 bits per heavy atom. The molecule has 1 saturated heterocycles. The first kappa shape index (κ1) is 15.2. The van der Waals surface area contributed by atoms with Gasteiger partial charge in [0, 0.05) is 6.04 Å². The molecule has 0 aromatic rings. The van der Waals surface area contributed by atoms with E-state index in [1.54, 1.807) is 0 Å². The van der Waals surface area contributed by atoms with Crippen LogP contribution in [0.15, 0.2) is 0 Å². The van der Waals surface area contributed by atoms with Gasteiger partial charge in [0.2, 0.25) is 0 Å². The van der Waals surface area contributed by atoms with E-state index < -0.39 is 45.6 Å². The minimum atomic E-state index is -4.70. The van der Waals surface area contributed by atoms with E-state index >= 15 is 0 Å². The molecule has 1 aliphatic heterocycles. The van der Waals surface area contributed by atoms with Gasteiger partial charge in [-0.3, -0.25) is 4.79 Å². The van der Waals surface area contributed by atoms with Crippen molar-refractivity contribution in [3.8, 4) is 0 Å². The Morgan fingerprint density at radius 2 is 2.06 bits per heavy atom. The van der Waals surface area contributed by atoms with Gasteiger partial charge in [-0.15, -0.1) is 0 Å². The summed E-state index contributed by atoms with van der Waals surface area (Å²) in [6, 6.07) is -1.19. The minimum Gasteiger partial charge on any atom is -0.469 e. The van der Waals surface area contributed by atoms with Crippen molar-refractivity contribution < 1.29 is 31.1 Å². The lowest BCUT2D eigenvalue weighted by Crippen LogP contribution is -2.58. The molecule has 2 unspecified atom stereocenters. The second kappa shape index (κ2) is 4.69. The maximum Gasteiger partial charge on any atom is 0.390 e. The maximum absolute atomic E-state index is 12.5. The number of hydrogen-bond donors (Lipinski definition) is 1. The molecule has 0 spiro atoms. The fourth-order valence-electron chi connectivity index (χ4n) is 2.18. The first-order chi connectivity index (χ1) is 8.02. The van der Waals surface area contributed by atoms with Crippen LogP contribution in [0.4, 0.5) is 13.2 Å². The second-order valence-electron chi connectivity index (χ2n) is 4.43. The molecular formula is C9H14F3NO4S. The fraction of sp³-hybridized carbons (Fsp3) is 0.889. The highest BCUT2D eigenvalue weighted by Gasteiger charge is 2.56.